The highest BCUT2D eigenvalue weighted by Gasteiger charge is 2.12. The van der Waals surface area contributed by atoms with Crippen LogP contribution in [-0.4, -0.2) is 49.4 Å². The molecular formula is C20H23NO4. The van der Waals surface area contributed by atoms with Gasteiger partial charge in [-0.2, -0.15) is 0 Å². The van der Waals surface area contributed by atoms with E-state index in [1.165, 1.54) is 5.56 Å². The van der Waals surface area contributed by atoms with E-state index < -0.39 is 5.97 Å². The molecule has 1 aliphatic heterocycles. The second-order valence-corrected chi connectivity index (χ2v) is 6.32. The summed E-state index contributed by atoms with van der Waals surface area (Å²) in [5, 5.41) is 9.26. The smallest absolute Gasteiger partial charge is 0.335 e. The molecule has 0 spiro atoms. The number of fused-ring (bicyclic) bond motifs is 3. The largest absolute Gasteiger partial charge is 0.491 e. The zero-order chi connectivity index (χ0) is 17.6. The third kappa shape index (κ3) is 4.81. The van der Waals surface area contributed by atoms with Crippen molar-refractivity contribution in [1.29, 1.82) is 0 Å². The summed E-state index contributed by atoms with van der Waals surface area (Å²) in [6.45, 7) is 3.34. The van der Waals surface area contributed by atoms with Crippen LogP contribution in [0.4, 0.5) is 0 Å². The number of hydrogen-bond acceptors (Lipinski definition) is 4. The molecule has 0 aliphatic carbocycles. The highest BCUT2D eigenvalue weighted by atomic mass is 16.5. The van der Waals surface area contributed by atoms with Crippen molar-refractivity contribution in [3.8, 4) is 5.75 Å². The average molecular weight is 341 g/mol. The summed E-state index contributed by atoms with van der Waals surface area (Å²) in [5.74, 6) is -0.214. The molecule has 1 aliphatic rings. The standard InChI is InChI=1S/C20H23NO4/c1-21-7-8-24-9-10-25-19-6-5-17(20(22)23)13-18(19)12-15-3-2-4-16(11-15)14-21/h2-6,11,13H,7-10,12,14H2,1H3,(H,22,23). The van der Waals surface area contributed by atoms with Gasteiger partial charge in [0.15, 0.2) is 0 Å². The summed E-state index contributed by atoms with van der Waals surface area (Å²) >= 11 is 0. The van der Waals surface area contributed by atoms with Crippen LogP contribution in [0.1, 0.15) is 27.0 Å². The molecule has 2 bridgehead atoms. The zero-order valence-corrected chi connectivity index (χ0v) is 14.4. The van der Waals surface area contributed by atoms with Crippen LogP contribution < -0.4 is 4.74 Å². The SMILES string of the molecule is CN1CCOCCOc2ccc(C(=O)O)cc2Cc2cccc(c2)C1. The predicted octanol–water partition coefficient (Wildman–Crippen LogP) is 2.82. The van der Waals surface area contributed by atoms with Gasteiger partial charge in [-0.05, 0) is 41.9 Å². The molecule has 132 valence electrons. The van der Waals surface area contributed by atoms with Crippen LogP contribution in [-0.2, 0) is 17.7 Å². The second-order valence-electron chi connectivity index (χ2n) is 6.32. The maximum absolute atomic E-state index is 11.3. The molecule has 2 aromatic carbocycles. The lowest BCUT2D eigenvalue weighted by Gasteiger charge is -2.19. The lowest BCUT2D eigenvalue weighted by Crippen LogP contribution is -2.24. The maximum Gasteiger partial charge on any atom is 0.335 e. The van der Waals surface area contributed by atoms with E-state index >= 15 is 0 Å². The van der Waals surface area contributed by atoms with Crippen LogP contribution in [0.25, 0.3) is 0 Å². The molecule has 0 radical (unpaired) electrons. The van der Waals surface area contributed by atoms with Gasteiger partial charge in [0.2, 0.25) is 0 Å². The monoisotopic (exact) mass is 341 g/mol. The van der Waals surface area contributed by atoms with Gasteiger partial charge in [0, 0.05) is 19.5 Å². The summed E-state index contributed by atoms with van der Waals surface area (Å²) in [6, 6.07) is 13.4. The summed E-state index contributed by atoms with van der Waals surface area (Å²) < 4.78 is 11.5. The molecular weight excluding hydrogens is 318 g/mol. The minimum atomic E-state index is -0.930. The molecule has 0 aromatic heterocycles. The minimum Gasteiger partial charge on any atom is -0.491 e. The first-order valence-corrected chi connectivity index (χ1v) is 8.45. The van der Waals surface area contributed by atoms with Crippen molar-refractivity contribution in [1.82, 2.24) is 4.90 Å². The Balaban J connectivity index is 1.93. The van der Waals surface area contributed by atoms with E-state index in [1.807, 2.05) is 6.07 Å². The number of likely N-dealkylation sites (N-methyl/N-ethyl adjacent to an activating group) is 1. The van der Waals surface area contributed by atoms with E-state index in [9.17, 15) is 9.90 Å². The molecule has 0 atom stereocenters. The Hall–Kier alpha value is -2.37. The Morgan fingerprint density at radius 3 is 2.76 bits per heavy atom. The van der Waals surface area contributed by atoms with Crippen LogP contribution in [0.3, 0.4) is 0 Å². The van der Waals surface area contributed by atoms with Crippen LogP contribution in [0.5, 0.6) is 5.75 Å². The maximum atomic E-state index is 11.3. The molecule has 25 heavy (non-hydrogen) atoms. The first-order valence-electron chi connectivity index (χ1n) is 8.45. The first-order chi connectivity index (χ1) is 12.1. The van der Waals surface area contributed by atoms with Crippen LogP contribution in [0.15, 0.2) is 42.5 Å². The van der Waals surface area contributed by atoms with Gasteiger partial charge in [-0.15, -0.1) is 0 Å². The number of benzene rings is 2. The van der Waals surface area contributed by atoms with Gasteiger partial charge in [-0.1, -0.05) is 24.3 Å². The molecule has 5 heteroatoms. The summed E-state index contributed by atoms with van der Waals surface area (Å²) in [6.07, 6.45) is 0.634. The van der Waals surface area contributed by atoms with E-state index in [1.54, 1.807) is 18.2 Å². The van der Waals surface area contributed by atoms with Gasteiger partial charge in [0.1, 0.15) is 12.4 Å². The Morgan fingerprint density at radius 2 is 1.92 bits per heavy atom. The molecule has 3 rings (SSSR count). The number of ether oxygens (including phenoxy) is 2. The van der Waals surface area contributed by atoms with Gasteiger partial charge in [0.05, 0.1) is 18.8 Å². The lowest BCUT2D eigenvalue weighted by atomic mass is 10.00. The molecule has 2 aromatic rings. The van der Waals surface area contributed by atoms with Crippen molar-refractivity contribution in [3.05, 3.63) is 64.7 Å². The average Bonchev–Trinajstić information content (AvgIpc) is 2.58. The van der Waals surface area contributed by atoms with E-state index in [0.29, 0.717) is 32.0 Å². The highest BCUT2D eigenvalue weighted by Crippen LogP contribution is 2.24. The normalized spacial score (nSPS) is 16.4. The first kappa shape index (κ1) is 17.5. The molecule has 0 saturated heterocycles. The van der Waals surface area contributed by atoms with Crippen molar-refractivity contribution in [2.24, 2.45) is 0 Å². The molecule has 1 N–H and O–H groups in total. The number of aromatic carboxylic acids is 1. The van der Waals surface area contributed by atoms with Gasteiger partial charge >= 0.3 is 5.97 Å². The van der Waals surface area contributed by atoms with Crippen molar-refractivity contribution >= 4 is 5.97 Å². The Bertz CT molecular complexity index is 744. The summed E-state index contributed by atoms with van der Waals surface area (Å²) in [4.78, 5) is 13.5. The fourth-order valence-corrected chi connectivity index (χ4v) is 2.97. The van der Waals surface area contributed by atoms with Gasteiger partial charge in [0.25, 0.3) is 0 Å². The Kier molecular flexibility index (Phi) is 5.68. The van der Waals surface area contributed by atoms with Crippen LogP contribution >= 0.6 is 0 Å². The molecule has 0 fully saturated rings. The van der Waals surface area contributed by atoms with E-state index in [2.05, 4.69) is 30.1 Å². The predicted molar refractivity (Wildman–Crippen MR) is 95.3 cm³/mol. The quantitative estimate of drug-likeness (QED) is 0.864. The number of rotatable bonds is 1. The van der Waals surface area contributed by atoms with Crippen LogP contribution in [0.2, 0.25) is 0 Å². The fraction of sp³-hybridized carbons (Fsp3) is 0.350. The number of hydrogen-bond donors (Lipinski definition) is 1. The molecule has 1 heterocycles. The molecule has 0 saturated carbocycles. The van der Waals surface area contributed by atoms with Crippen molar-refractivity contribution in [3.63, 3.8) is 0 Å². The van der Waals surface area contributed by atoms with Gasteiger partial charge in [-0.3, -0.25) is 4.90 Å². The van der Waals surface area contributed by atoms with Crippen LogP contribution in [0, 0.1) is 0 Å². The van der Waals surface area contributed by atoms with E-state index in [0.717, 1.165) is 24.2 Å². The summed E-state index contributed by atoms with van der Waals surface area (Å²) in [7, 11) is 2.08. The van der Waals surface area contributed by atoms with Gasteiger partial charge in [-0.25, -0.2) is 4.79 Å². The zero-order valence-electron chi connectivity index (χ0n) is 14.4. The lowest BCUT2D eigenvalue weighted by molar-refractivity contribution is 0.0696. The van der Waals surface area contributed by atoms with E-state index in [4.69, 9.17) is 9.47 Å². The molecule has 0 unspecified atom stereocenters. The molecule has 0 amide bonds. The number of carbonyl (C=O) groups is 1. The summed E-state index contributed by atoms with van der Waals surface area (Å²) in [5.41, 5.74) is 3.53. The van der Waals surface area contributed by atoms with Gasteiger partial charge < -0.3 is 14.6 Å². The third-order valence-corrected chi connectivity index (χ3v) is 4.25. The molecule has 5 nitrogen and oxygen atoms in total. The second kappa shape index (κ2) is 8.14. The number of carboxylic acids is 1. The van der Waals surface area contributed by atoms with Crippen molar-refractivity contribution < 1.29 is 19.4 Å². The number of nitrogens with zero attached hydrogens (tertiary/aromatic N) is 1. The van der Waals surface area contributed by atoms with Crippen molar-refractivity contribution in [2.75, 3.05) is 33.4 Å². The Morgan fingerprint density at radius 1 is 1.08 bits per heavy atom. The number of carboxylic acid groups (broad SMARTS) is 1. The Labute approximate surface area is 147 Å². The fourth-order valence-electron chi connectivity index (χ4n) is 2.97. The minimum absolute atomic E-state index is 0.274. The topological polar surface area (TPSA) is 59.0 Å². The third-order valence-electron chi connectivity index (χ3n) is 4.25. The van der Waals surface area contributed by atoms with Crippen molar-refractivity contribution in [2.45, 2.75) is 13.0 Å². The van der Waals surface area contributed by atoms with E-state index in [-0.39, 0.29) is 5.56 Å². The highest BCUT2D eigenvalue weighted by molar-refractivity contribution is 5.88.